The third-order valence-corrected chi connectivity index (χ3v) is 7.07. The first-order chi connectivity index (χ1) is 14.8. The van der Waals surface area contributed by atoms with E-state index in [0.717, 1.165) is 30.6 Å². The molecule has 0 saturated heterocycles. The molecule has 2 fully saturated rings. The molecule has 2 aliphatic carbocycles. The molecule has 0 radical (unpaired) electrons. The van der Waals surface area contributed by atoms with Crippen molar-refractivity contribution < 1.29 is 22.0 Å². The summed E-state index contributed by atoms with van der Waals surface area (Å²) >= 11 is 0. The van der Waals surface area contributed by atoms with E-state index < -0.39 is 23.4 Å². The first-order valence-corrected chi connectivity index (χ1v) is 11.5. The zero-order chi connectivity index (χ0) is 22.4. The molecule has 0 unspecified atom stereocenters. The number of rotatable bonds is 4. The molecule has 3 rings (SSSR count). The second kappa shape index (κ2) is 10.7. The lowest BCUT2D eigenvalue weighted by Crippen LogP contribution is -2.25. The van der Waals surface area contributed by atoms with Crippen LogP contribution in [0.3, 0.4) is 0 Å². The van der Waals surface area contributed by atoms with Gasteiger partial charge in [0.1, 0.15) is 17.2 Å². The lowest BCUT2D eigenvalue weighted by molar-refractivity contribution is -0.142. The van der Waals surface area contributed by atoms with Crippen LogP contribution in [0.5, 0.6) is 0 Å². The highest BCUT2D eigenvalue weighted by Crippen LogP contribution is 2.42. The molecule has 0 atom stereocenters. The van der Waals surface area contributed by atoms with Gasteiger partial charge in [-0.25, -0.2) is 8.78 Å². The van der Waals surface area contributed by atoms with E-state index in [1.807, 2.05) is 6.08 Å². The lowest BCUT2D eigenvalue weighted by atomic mass is 9.69. The predicted molar refractivity (Wildman–Crippen MR) is 113 cm³/mol. The van der Waals surface area contributed by atoms with Gasteiger partial charge >= 0.3 is 6.18 Å². The fourth-order valence-corrected chi connectivity index (χ4v) is 5.39. The number of benzene rings is 1. The Morgan fingerprint density at radius 2 is 1.45 bits per heavy atom. The van der Waals surface area contributed by atoms with Crippen molar-refractivity contribution in [3.8, 4) is 11.8 Å². The fraction of sp³-hybridized carbons (Fsp3) is 0.615. The quantitative estimate of drug-likeness (QED) is 0.328. The smallest absolute Gasteiger partial charge is 0.206 e. The Kier molecular flexibility index (Phi) is 8.19. The largest absolute Gasteiger partial charge is 0.422 e. The maximum atomic E-state index is 13.6. The van der Waals surface area contributed by atoms with E-state index in [4.69, 9.17) is 0 Å². The monoisotopic (exact) mass is 438 g/mol. The highest BCUT2D eigenvalue weighted by atomic mass is 19.4. The Bertz CT molecular complexity index is 787. The van der Waals surface area contributed by atoms with Gasteiger partial charge in [0.05, 0.1) is 0 Å². The molecule has 2 saturated carbocycles. The number of hydrogen-bond donors (Lipinski definition) is 0. The van der Waals surface area contributed by atoms with E-state index in [1.165, 1.54) is 51.4 Å². The maximum absolute atomic E-state index is 13.6. The van der Waals surface area contributed by atoms with Gasteiger partial charge < -0.3 is 0 Å². The van der Waals surface area contributed by atoms with E-state index in [9.17, 15) is 22.0 Å². The van der Waals surface area contributed by atoms with Crippen molar-refractivity contribution >= 4 is 0 Å². The van der Waals surface area contributed by atoms with E-state index in [2.05, 4.69) is 18.8 Å². The van der Waals surface area contributed by atoms with Crippen LogP contribution in [0.1, 0.15) is 82.3 Å². The average molecular weight is 439 g/mol. The van der Waals surface area contributed by atoms with Gasteiger partial charge in [-0.2, -0.15) is 13.2 Å². The average Bonchev–Trinajstić information content (AvgIpc) is 2.71. The molecule has 0 nitrogen and oxygen atoms in total. The lowest BCUT2D eigenvalue weighted by Gasteiger charge is -2.37. The first kappa shape index (κ1) is 23.8. The molecule has 0 aliphatic heterocycles. The fourth-order valence-electron chi connectivity index (χ4n) is 5.39. The molecule has 0 heterocycles. The van der Waals surface area contributed by atoms with Crippen LogP contribution in [0.25, 0.3) is 0 Å². The first-order valence-electron chi connectivity index (χ1n) is 11.5. The van der Waals surface area contributed by atoms with Crippen molar-refractivity contribution in [3.05, 3.63) is 47.0 Å². The van der Waals surface area contributed by atoms with E-state index >= 15 is 0 Å². The minimum Gasteiger partial charge on any atom is -0.206 e. The van der Waals surface area contributed by atoms with Gasteiger partial charge in [-0.05, 0) is 80.4 Å². The van der Waals surface area contributed by atoms with Gasteiger partial charge in [-0.3, -0.25) is 0 Å². The number of hydrogen-bond acceptors (Lipinski definition) is 0. The summed E-state index contributed by atoms with van der Waals surface area (Å²) in [6.45, 7) is 2.27. The Labute approximate surface area is 182 Å². The Morgan fingerprint density at radius 1 is 0.903 bits per heavy atom. The molecule has 0 spiro atoms. The highest BCUT2D eigenvalue weighted by Gasteiger charge is 2.37. The predicted octanol–water partition coefficient (Wildman–Crippen LogP) is 8.30. The van der Waals surface area contributed by atoms with Crippen molar-refractivity contribution in [1.82, 2.24) is 0 Å². The molecule has 0 aromatic heterocycles. The number of allylic oxidation sites excluding steroid dienone is 2. The summed E-state index contributed by atoms with van der Waals surface area (Å²) in [4.78, 5) is 0. The summed E-state index contributed by atoms with van der Waals surface area (Å²) in [6, 6.07) is 1.26. The van der Waals surface area contributed by atoms with E-state index in [1.54, 1.807) is 6.08 Å². The topological polar surface area (TPSA) is 0 Å². The summed E-state index contributed by atoms with van der Waals surface area (Å²) in [5.74, 6) is 5.06. The molecule has 31 heavy (non-hydrogen) atoms. The zero-order valence-electron chi connectivity index (χ0n) is 18.1. The van der Waals surface area contributed by atoms with Gasteiger partial charge in [0.25, 0.3) is 0 Å². The molecule has 0 bridgehead atoms. The van der Waals surface area contributed by atoms with Crippen molar-refractivity contribution in [1.29, 1.82) is 0 Å². The second-order valence-electron chi connectivity index (χ2n) is 9.19. The van der Waals surface area contributed by atoms with Crippen molar-refractivity contribution in [2.75, 3.05) is 0 Å². The normalized spacial score (nSPS) is 27.2. The molecular weight excluding hydrogens is 407 g/mol. The van der Waals surface area contributed by atoms with Crippen LogP contribution in [-0.2, 0) is 6.18 Å². The van der Waals surface area contributed by atoms with Crippen LogP contribution in [0.2, 0.25) is 0 Å². The van der Waals surface area contributed by atoms with Gasteiger partial charge in [0.15, 0.2) is 0 Å². The van der Waals surface area contributed by atoms with E-state index in [0.29, 0.717) is 18.1 Å². The second-order valence-corrected chi connectivity index (χ2v) is 9.19. The Hall–Kier alpha value is -1.83. The maximum Gasteiger partial charge on any atom is 0.422 e. The molecule has 0 N–H and O–H groups in total. The third-order valence-electron chi connectivity index (χ3n) is 7.07. The molecular formula is C26H31F5. The van der Waals surface area contributed by atoms with Gasteiger partial charge in [0.2, 0.25) is 0 Å². The standard InChI is InChI=1S/C26H31F5/c1-2-5-18-8-12-21(13-9-18)22-14-10-19(11-15-22)6-3-4-7-20-16-23(27)25(24(28)17-20)26(29,30)31/h3,6,16-19,21-22H,2,5,8-15H2,1H3/t18-,19-,21-,22-. The number of alkyl halides is 3. The van der Waals surface area contributed by atoms with Crippen molar-refractivity contribution in [2.45, 2.75) is 77.3 Å². The van der Waals surface area contributed by atoms with Crippen LogP contribution in [-0.4, -0.2) is 0 Å². The highest BCUT2D eigenvalue weighted by molar-refractivity contribution is 5.40. The number of halogens is 5. The molecule has 5 heteroatoms. The van der Waals surface area contributed by atoms with Gasteiger partial charge in [-0.1, -0.05) is 50.5 Å². The Morgan fingerprint density at radius 3 is 1.97 bits per heavy atom. The molecule has 0 amide bonds. The Balaban J connectivity index is 1.48. The van der Waals surface area contributed by atoms with Crippen LogP contribution in [0.4, 0.5) is 22.0 Å². The van der Waals surface area contributed by atoms with Gasteiger partial charge in [0, 0.05) is 5.56 Å². The minimum atomic E-state index is -5.06. The molecule has 170 valence electrons. The van der Waals surface area contributed by atoms with Crippen LogP contribution in [0.15, 0.2) is 24.3 Å². The van der Waals surface area contributed by atoms with Crippen molar-refractivity contribution in [3.63, 3.8) is 0 Å². The van der Waals surface area contributed by atoms with Crippen molar-refractivity contribution in [2.24, 2.45) is 23.7 Å². The minimum absolute atomic E-state index is 0.102. The summed E-state index contributed by atoms with van der Waals surface area (Å²) < 4.78 is 65.1. The van der Waals surface area contributed by atoms with Gasteiger partial charge in [-0.15, -0.1) is 0 Å². The van der Waals surface area contributed by atoms with Crippen LogP contribution in [0, 0.1) is 47.1 Å². The summed E-state index contributed by atoms with van der Waals surface area (Å²) in [5, 5.41) is 0. The summed E-state index contributed by atoms with van der Waals surface area (Å²) in [6.07, 6.45) is 11.5. The SMILES string of the molecule is CCC[C@H]1CC[C@H]([C@H]2CC[C@H](C=CC#Cc3cc(F)c(C(F)(F)F)c(F)c3)CC2)CC1. The third kappa shape index (κ3) is 6.57. The van der Waals surface area contributed by atoms with E-state index in [-0.39, 0.29) is 5.56 Å². The molecule has 1 aromatic rings. The summed E-state index contributed by atoms with van der Waals surface area (Å²) in [7, 11) is 0. The molecule has 2 aliphatic rings. The summed E-state index contributed by atoms with van der Waals surface area (Å²) in [5.41, 5.74) is -1.97. The zero-order valence-corrected chi connectivity index (χ0v) is 18.1. The van der Waals surface area contributed by atoms with Crippen LogP contribution >= 0.6 is 0 Å². The molecule has 1 aromatic carbocycles. The van der Waals surface area contributed by atoms with Crippen LogP contribution < -0.4 is 0 Å².